The van der Waals surface area contributed by atoms with Gasteiger partial charge in [0, 0.05) is 0 Å². The Hall–Kier alpha value is -4.16. The fourth-order valence-corrected chi connectivity index (χ4v) is 10.5. The predicted molar refractivity (Wildman–Crippen MR) is 200 cm³/mol. The summed E-state index contributed by atoms with van der Waals surface area (Å²) in [6.45, 7) is 0. The summed E-state index contributed by atoms with van der Waals surface area (Å²) in [6, 6.07) is 48.2. The maximum absolute atomic E-state index is 8.49. The van der Waals surface area contributed by atoms with Crippen LogP contribution in [-0.2, 0) is 0 Å². The molecule has 7 rings (SSSR count). The molecule has 0 N–H and O–H groups in total. The van der Waals surface area contributed by atoms with Gasteiger partial charge in [-0.2, -0.15) is 0 Å². The number of benzene rings is 4. The summed E-state index contributed by atoms with van der Waals surface area (Å²) in [5, 5.41) is 0. The molecular weight excluding hydrogens is 786 g/mol. The van der Waals surface area contributed by atoms with Crippen molar-refractivity contribution in [3.63, 3.8) is 0 Å². The van der Waals surface area contributed by atoms with Crippen molar-refractivity contribution >= 4 is 44.5 Å². The van der Waals surface area contributed by atoms with Crippen molar-refractivity contribution in [2.75, 3.05) is 0 Å². The molecule has 0 spiro atoms. The van der Waals surface area contributed by atoms with Crippen molar-refractivity contribution in [2.24, 2.45) is 0 Å². The minimum atomic E-state index is -4.94. The molecule has 1 aromatic heterocycles. The van der Waals surface area contributed by atoms with Crippen molar-refractivity contribution in [1.29, 1.82) is 0 Å². The second kappa shape index (κ2) is 17.9. The molecule has 2 aliphatic rings. The normalized spacial score (nSPS) is 15.4. The van der Waals surface area contributed by atoms with E-state index in [0.717, 1.165) is 12.8 Å². The van der Waals surface area contributed by atoms with E-state index in [1.165, 1.54) is 68.8 Å². The van der Waals surface area contributed by atoms with Crippen LogP contribution in [-0.4, -0.2) is 29.5 Å². The number of allylic oxidation sites excluding steroid dienone is 9. The molecule has 5 aromatic rings. The standard InChI is InChI=1S/C44H35Se2.ClHO4/c1-5-16-37(17-6-1)41-29-35(30-42(45-41)38-18-7-2-8-19-38)26-24-33-14-13-15-34(28-33)25-27-36-31-43(39-20-9-3-10-21-39)46-44(32-36)40-22-11-4-12-23-40;2-1(3,4)5/h1-12,16-32H,13-15H2;(H,2,3,4,5)/q+1;/p-1. The third kappa shape index (κ3) is 11.4. The Balaban J connectivity index is 0.000000839. The van der Waals surface area contributed by atoms with E-state index < -0.39 is 10.2 Å². The summed E-state index contributed by atoms with van der Waals surface area (Å²) in [4.78, 5) is 0. The minimum absolute atomic E-state index is 0.261. The Kier molecular flexibility index (Phi) is 12.8. The van der Waals surface area contributed by atoms with E-state index in [4.69, 9.17) is 18.6 Å². The molecule has 0 atom stereocenters. The van der Waals surface area contributed by atoms with Crippen molar-refractivity contribution < 1.29 is 28.9 Å². The van der Waals surface area contributed by atoms with Crippen LogP contribution in [0.25, 0.3) is 35.0 Å². The average Bonchev–Trinajstić information content (AvgIpc) is 3.17. The average molecular weight is 821 g/mol. The fraction of sp³-hybridized carbons (Fsp3) is 0.0682. The van der Waals surface area contributed by atoms with Crippen molar-refractivity contribution in [3.8, 4) is 20.0 Å². The van der Waals surface area contributed by atoms with Crippen molar-refractivity contribution in [1.82, 2.24) is 0 Å². The van der Waals surface area contributed by atoms with E-state index in [0.29, 0.717) is 0 Å². The second-order valence-corrected chi connectivity index (χ2v) is 17.2. The molecule has 0 radical (unpaired) electrons. The molecule has 0 amide bonds. The SMILES string of the molecule is C(/C=C1C=C(/C=C/c2cc(-c3ccccc3)[se+]c(-c3ccccc3)c2)CCC/1)=C1C=C(c2ccccc2)[Se]C(c2ccccc2)=C1.[O-][Cl+3]([O-])([O-])[O-]. The van der Waals surface area contributed by atoms with Gasteiger partial charge in [-0.25, -0.2) is 18.6 Å². The van der Waals surface area contributed by atoms with Crippen LogP contribution in [0, 0.1) is 10.2 Å². The smallest absolute Gasteiger partial charge is 0.112 e. The Labute approximate surface area is 314 Å². The minimum Gasteiger partial charge on any atom is -0.222 e. The van der Waals surface area contributed by atoms with Gasteiger partial charge in [0.05, 0.1) is 0 Å². The van der Waals surface area contributed by atoms with Gasteiger partial charge in [0.15, 0.2) is 0 Å². The number of hydrogen-bond donors (Lipinski definition) is 0. The number of hydrogen-bond acceptors (Lipinski definition) is 4. The zero-order valence-corrected chi connectivity index (χ0v) is 31.9. The predicted octanol–water partition coefficient (Wildman–Crippen LogP) is 6.38. The molecule has 4 aromatic carbocycles. The van der Waals surface area contributed by atoms with Gasteiger partial charge >= 0.3 is 287 Å². The molecule has 0 saturated carbocycles. The first-order valence-corrected chi connectivity index (χ1v) is 21.2. The molecule has 0 unspecified atom stereocenters. The van der Waals surface area contributed by atoms with Crippen LogP contribution >= 0.6 is 0 Å². The molecule has 0 saturated heterocycles. The van der Waals surface area contributed by atoms with Crippen LogP contribution in [0.1, 0.15) is 36.0 Å². The van der Waals surface area contributed by atoms with E-state index in [2.05, 4.69) is 176 Å². The summed E-state index contributed by atoms with van der Waals surface area (Å²) in [5.74, 6) is 0. The Morgan fingerprint density at radius 1 is 0.529 bits per heavy atom. The van der Waals surface area contributed by atoms with Gasteiger partial charge in [-0.05, 0) is 0 Å². The van der Waals surface area contributed by atoms with Crippen LogP contribution in [0.2, 0.25) is 0 Å². The fourth-order valence-electron chi connectivity index (χ4n) is 5.76. The van der Waals surface area contributed by atoms with Gasteiger partial charge in [0.2, 0.25) is 0 Å². The first-order valence-electron chi connectivity index (χ1n) is 16.5. The molecule has 4 nitrogen and oxygen atoms in total. The van der Waals surface area contributed by atoms with Crippen molar-refractivity contribution in [3.05, 3.63) is 203 Å². The van der Waals surface area contributed by atoms with Crippen molar-refractivity contribution in [2.45, 2.75) is 19.3 Å². The molecule has 51 heavy (non-hydrogen) atoms. The molecule has 7 heteroatoms. The van der Waals surface area contributed by atoms with Crippen LogP contribution in [0.5, 0.6) is 0 Å². The topological polar surface area (TPSA) is 92.2 Å². The number of halogens is 1. The quantitative estimate of drug-likeness (QED) is 0.179. The maximum atomic E-state index is 8.49. The molecule has 0 fully saturated rings. The molecular formula is C44H35ClO4Se2. The second-order valence-electron chi connectivity index (χ2n) is 11.9. The summed E-state index contributed by atoms with van der Waals surface area (Å²) < 4.78 is 39.7. The van der Waals surface area contributed by atoms with Crippen LogP contribution in [0.3, 0.4) is 0 Å². The van der Waals surface area contributed by atoms with Gasteiger partial charge in [-0.15, -0.1) is 10.2 Å². The van der Waals surface area contributed by atoms with Gasteiger partial charge in [-0.1, -0.05) is 0 Å². The molecule has 1 aliphatic heterocycles. The van der Waals surface area contributed by atoms with Gasteiger partial charge < -0.3 is 0 Å². The summed E-state index contributed by atoms with van der Waals surface area (Å²) in [7, 11) is -4.94. The molecule has 254 valence electrons. The first kappa shape index (κ1) is 36.6. The molecule has 0 bridgehead atoms. The summed E-state index contributed by atoms with van der Waals surface area (Å²) in [5.41, 5.74) is 10.6. The number of rotatable bonds is 7. The third-order valence-electron chi connectivity index (χ3n) is 8.15. The van der Waals surface area contributed by atoms with E-state index in [1.807, 2.05) is 0 Å². The Bertz CT molecular complexity index is 1990. The van der Waals surface area contributed by atoms with E-state index in [-0.39, 0.29) is 29.5 Å². The van der Waals surface area contributed by atoms with E-state index >= 15 is 0 Å². The van der Waals surface area contributed by atoms with Gasteiger partial charge in [0.1, 0.15) is 0 Å². The maximum Gasteiger partial charge on any atom is -0.112 e. The molecule has 1 aliphatic carbocycles. The van der Waals surface area contributed by atoms with Crippen LogP contribution < -0.4 is 18.6 Å². The van der Waals surface area contributed by atoms with Gasteiger partial charge in [0.25, 0.3) is 0 Å². The monoisotopic (exact) mass is 822 g/mol. The third-order valence-corrected chi connectivity index (χ3v) is 13.0. The summed E-state index contributed by atoms with van der Waals surface area (Å²) >= 11 is 0.523. The van der Waals surface area contributed by atoms with Gasteiger partial charge in [-0.3, -0.25) is 0 Å². The zero-order chi connectivity index (χ0) is 35.5. The summed E-state index contributed by atoms with van der Waals surface area (Å²) in [6.07, 6.45) is 19.9. The first-order chi connectivity index (χ1) is 24.8. The van der Waals surface area contributed by atoms with E-state index in [1.54, 1.807) is 0 Å². The van der Waals surface area contributed by atoms with Crippen LogP contribution in [0.4, 0.5) is 0 Å². The van der Waals surface area contributed by atoms with Crippen LogP contribution in [0.15, 0.2) is 187 Å². The Morgan fingerprint density at radius 3 is 1.45 bits per heavy atom. The Morgan fingerprint density at radius 2 is 0.980 bits per heavy atom. The molecule has 2 heterocycles. The van der Waals surface area contributed by atoms with E-state index in [9.17, 15) is 0 Å². The largest absolute Gasteiger partial charge is 0.222 e. The zero-order valence-electron chi connectivity index (χ0n) is 27.7.